The van der Waals surface area contributed by atoms with Crippen molar-refractivity contribution in [3.8, 4) is 0 Å². The van der Waals surface area contributed by atoms with Gasteiger partial charge in [0.15, 0.2) is 0 Å². The van der Waals surface area contributed by atoms with Crippen LogP contribution in [0.2, 0.25) is 0 Å². The molecule has 1 heteroatoms. The first kappa shape index (κ1) is 9.09. The van der Waals surface area contributed by atoms with Crippen LogP contribution in [0.1, 0.15) is 20.8 Å². The molecular weight excluding hydrogens is 128 g/mol. The summed E-state index contributed by atoms with van der Waals surface area (Å²) in [6.07, 6.45) is 4.42. The molecule has 0 aromatic heterocycles. The van der Waals surface area contributed by atoms with Gasteiger partial charge in [-0.1, -0.05) is 6.08 Å². The van der Waals surface area contributed by atoms with Crippen LogP contribution in [-0.4, -0.2) is 17.3 Å². The van der Waals surface area contributed by atoms with Crippen molar-refractivity contribution in [3.63, 3.8) is 0 Å². The summed E-state index contributed by atoms with van der Waals surface area (Å²) in [7, 11) is 0.675. The molecule has 0 aromatic rings. The van der Waals surface area contributed by atoms with Gasteiger partial charge in [0.2, 0.25) is 0 Å². The third-order valence-electron chi connectivity index (χ3n) is 1.38. The lowest BCUT2D eigenvalue weighted by atomic mass is 10.6. The molecule has 0 aliphatic carbocycles. The Morgan fingerprint density at radius 1 is 1.22 bits per heavy atom. The molecule has 0 saturated carbocycles. The smallest absolute Gasteiger partial charge is 0.0870 e. The second-order valence-corrected chi connectivity index (χ2v) is 4.64. The van der Waals surface area contributed by atoms with Crippen LogP contribution in [0.3, 0.4) is 0 Å². The summed E-state index contributed by atoms with van der Waals surface area (Å²) in [5.74, 6) is 3.99. The molecule has 0 rings (SSSR count). The minimum Gasteiger partial charge on any atom is -0.0870 e. The maximum absolute atomic E-state index is 2.27. The highest BCUT2D eigenvalue weighted by molar-refractivity contribution is 7.96. The normalized spacial score (nSPS) is 11.6. The predicted molar refractivity (Wildman–Crippen MR) is 48.1 cm³/mol. The molecule has 0 atom stereocenters. The third kappa shape index (κ3) is 4.58. The summed E-state index contributed by atoms with van der Waals surface area (Å²) < 4.78 is 0. The minimum absolute atomic E-state index is 0.675. The van der Waals surface area contributed by atoms with E-state index in [2.05, 4.69) is 32.9 Å². The molecule has 0 N–H and O–H groups in total. The van der Waals surface area contributed by atoms with E-state index in [-0.39, 0.29) is 0 Å². The van der Waals surface area contributed by atoms with Crippen LogP contribution in [-0.2, 0) is 10.9 Å². The van der Waals surface area contributed by atoms with E-state index in [1.807, 2.05) is 0 Å². The lowest BCUT2D eigenvalue weighted by molar-refractivity contribution is 1.41. The van der Waals surface area contributed by atoms with E-state index in [0.717, 1.165) is 0 Å². The number of hydrogen-bond acceptors (Lipinski definition) is 0. The van der Waals surface area contributed by atoms with Gasteiger partial charge >= 0.3 is 0 Å². The fourth-order valence-electron chi connectivity index (χ4n) is 0.672. The van der Waals surface area contributed by atoms with Crippen LogP contribution in [0, 0.1) is 0 Å². The summed E-state index contributed by atoms with van der Waals surface area (Å²) in [6.45, 7) is 6.64. The first-order valence-corrected chi connectivity index (χ1v) is 5.33. The molecule has 0 aliphatic rings. The van der Waals surface area contributed by atoms with E-state index in [4.69, 9.17) is 0 Å². The monoisotopic (exact) mass is 145 g/mol. The summed E-state index contributed by atoms with van der Waals surface area (Å²) in [4.78, 5) is 0. The van der Waals surface area contributed by atoms with E-state index in [1.165, 1.54) is 17.3 Å². The zero-order valence-corrected chi connectivity index (χ0v) is 7.50. The van der Waals surface area contributed by atoms with Crippen molar-refractivity contribution in [2.75, 3.05) is 17.3 Å². The molecule has 0 amide bonds. The van der Waals surface area contributed by atoms with Gasteiger partial charge in [-0.15, -0.1) is 0 Å². The summed E-state index contributed by atoms with van der Waals surface area (Å²) in [5, 5.41) is 0. The van der Waals surface area contributed by atoms with Crippen LogP contribution < -0.4 is 0 Å². The SMILES string of the molecule is CC=CC[S+](CC)CC. The quantitative estimate of drug-likeness (QED) is 0.420. The van der Waals surface area contributed by atoms with E-state index >= 15 is 0 Å². The van der Waals surface area contributed by atoms with Gasteiger partial charge in [0.1, 0.15) is 17.3 Å². The molecule has 0 bridgehead atoms. The Hall–Kier alpha value is 0.0900. The van der Waals surface area contributed by atoms with Crippen molar-refractivity contribution >= 4 is 10.9 Å². The van der Waals surface area contributed by atoms with Gasteiger partial charge in [-0.3, -0.25) is 0 Å². The Morgan fingerprint density at radius 3 is 2.11 bits per heavy atom. The van der Waals surface area contributed by atoms with Gasteiger partial charge < -0.3 is 0 Å². The van der Waals surface area contributed by atoms with Gasteiger partial charge in [0.25, 0.3) is 0 Å². The van der Waals surface area contributed by atoms with Gasteiger partial charge in [-0.2, -0.15) is 0 Å². The molecule has 0 heterocycles. The van der Waals surface area contributed by atoms with E-state index in [9.17, 15) is 0 Å². The fraction of sp³-hybridized carbons (Fsp3) is 0.750. The van der Waals surface area contributed by atoms with Gasteiger partial charge in [0.05, 0.1) is 0 Å². The first-order valence-electron chi connectivity index (χ1n) is 3.60. The van der Waals surface area contributed by atoms with Crippen molar-refractivity contribution in [2.24, 2.45) is 0 Å². The topological polar surface area (TPSA) is 0 Å². The lowest BCUT2D eigenvalue weighted by Gasteiger charge is -1.97. The number of allylic oxidation sites excluding steroid dienone is 1. The van der Waals surface area contributed by atoms with Gasteiger partial charge in [-0.05, 0) is 37.7 Å². The molecule has 9 heavy (non-hydrogen) atoms. The Morgan fingerprint density at radius 2 is 1.78 bits per heavy atom. The third-order valence-corrected chi connectivity index (χ3v) is 3.68. The Labute approximate surface area is 61.7 Å². The average Bonchev–Trinajstić information content (AvgIpc) is 1.91. The molecule has 0 saturated heterocycles. The summed E-state index contributed by atoms with van der Waals surface area (Å²) >= 11 is 0. The first-order chi connectivity index (χ1) is 4.35. The maximum atomic E-state index is 2.27. The highest BCUT2D eigenvalue weighted by Gasteiger charge is 2.07. The van der Waals surface area contributed by atoms with Gasteiger partial charge in [-0.25, -0.2) is 0 Å². The van der Waals surface area contributed by atoms with E-state index < -0.39 is 0 Å². The van der Waals surface area contributed by atoms with E-state index in [0.29, 0.717) is 10.9 Å². The summed E-state index contributed by atoms with van der Waals surface area (Å²) in [5.41, 5.74) is 0. The Bertz CT molecular complexity index is 72.6. The second-order valence-electron chi connectivity index (χ2n) is 1.93. The molecule has 0 spiro atoms. The zero-order valence-electron chi connectivity index (χ0n) is 6.68. The lowest BCUT2D eigenvalue weighted by Crippen LogP contribution is -2.10. The molecular formula is C8H17S+. The summed E-state index contributed by atoms with van der Waals surface area (Å²) in [6, 6.07) is 0. The Kier molecular flexibility index (Phi) is 6.28. The van der Waals surface area contributed by atoms with Crippen LogP contribution in [0.15, 0.2) is 12.2 Å². The maximum Gasteiger partial charge on any atom is 0.126 e. The largest absolute Gasteiger partial charge is 0.126 e. The molecule has 0 unspecified atom stereocenters. The van der Waals surface area contributed by atoms with Gasteiger partial charge in [0, 0.05) is 0 Å². The molecule has 0 radical (unpaired) electrons. The van der Waals surface area contributed by atoms with Crippen molar-refractivity contribution in [2.45, 2.75) is 20.8 Å². The number of rotatable bonds is 4. The van der Waals surface area contributed by atoms with Crippen molar-refractivity contribution in [1.29, 1.82) is 0 Å². The molecule has 0 nitrogen and oxygen atoms in total. The Balaban J connectivity index is 3.31. The number of hydrogen-bond donors (Lipinski definition) is 0. The van der Waals surface area contributed by atoms with Crippen LogP contribution >= 0.6 is 0 Å². The van der Waals surface area contributed by atoms with Crippen LogP contribution in [0.25, 0.3) is 0 Å². The van der Waals surface area contributed by atoms with E-state index in [1.54, 1.807) is 0 Å². The van der Waals surface area contributed by atoms with Crippen molar-refractivity contribution in [1.82, 2.24) is 0 Å². The molecule has 0 aliphatic heterocycles. The highest BCUT2D eigenvalue weighted by Crippen LogP contribution is 1.95. The molecule has 0 fully saturated rings. The minimum atomic E-state index is 0.675. The van der Waals surface area contributed by atoms with Crippen LogP contribution in [0.5, 0.6) is 0 Å². The van der Waals surface area contributed by atoms with Crippen LogP contribution in [0.4, 0.5) is 0 Å². The molecule has 54 valence electrons. The second kappa shape index (κ2) is 6.21. The average molecular weight is 145 g/mol. The predicted octanol–water partition coefficient (Wildman–Crippen LogP) is 2.22. The molecule has 0 aromatic carbocycles. The van der Waals surface area contributed by atoms with Crippen molar-refractivity contribution in [3.05, 3.63) is 12.2 Å². The highest BCUT2D eigenvalue weighted by atomic mass is 32.2. The van der Waals surface area contributed by atoms with Crippen molar-refractivity contribution < 1.29 is 0 Å². The standard InChI is InChI=1S/C8H17S/c1-4-7-8-9(5-2)6-3/h4,7H,5-6,8H2,1-3H3/q+1. The zero-order chi connectivity index (χ0) is 7.11. The fourth-order valence-corrected chi connectivity index (χ4v) is 2.02.